The highest BCUT2D eigenvalue weighted by Gasteiger charge is 2.14. The summed E-state index contributed by atoms with van der Waals surface area (Å²) in [6, 6.07) is 6.19. The molecule has 0 atom stereocenters. The molecule has 1 aromatic carbocycles. The van der Waals surface area contributed by atoms with Gasteiger partial charge in [0, 0.05) is 30.4 Å². The number of anilines is 1. The normalized spacial score (nSPS) is 10.8. The van der Waals surface area contributed by atoms with Crippen LogP contribution in [-0.4, -0.2) is 55.5 Å². The predicted molar refractivity (Wildman–Crippen MR) is 104 cm³/mol. The summed E-state index contributed by atoms with van der Waals surface area (Å²) in [6.45, 7) is 5.94. The van der Waals surface area contributed by atoms with Crippen LogP contribution in [0.4, 0.5) is 5.69 Å². The molecule has 0 aliphatic carbocycles. The van der Waals surface area contributed by atoms with Gasteiger partial charge < -0.3 is 19.7 Å². The highest BCUT2D eigenvalue weighted by atomic mass is 16.5. The molecule has 8 nitrogen and oxygen atoms in total. The fourth-order valence-corrected chi connectivity index (χ4v) is 2.26. The average Bonchev–Trinajstić information content (AvgIpc) is 2.68. The summed E-state index contributed by atoms with van der Waals surface area (Å²) >= 11 is 0. The molecule has 0 spiro atoms. The van der Waals surface area contributed by atoms with Crippen molar-refractivity contribution in [1.82, 2.24) is 4.90 Å². The van der Waals surface area contributed by atoms with Crippen LogP contribution in [0.25, 0.3) is 0 Å². The Labute approximate surface area is 164 Å². The second kappa shape index (κ2) is 11.5. The number of carbonyl (C=O) groups excluding carboxylic acids is 4. The van der Waals surface area contributed by atoms with Gasteiger partial charge in [-0.2, -0.15) is 0 Å². The van der Waals surface area contributed by atoms with Crippen molar-refractivity contribution >= 4 is 29.4 Å². The first kappa shape index (κ1) is 22.9. The molecule has 0 bridgehead atoms. The lowest BCUT2D eigenvalue weighted by molar-refractivity contribution is -0.143. The molecule has 8 heteroatoms. The predicted octanol–water partition coefficient (Wildman–Crippen LogP) is 2.16. The molecular weight excluding hydrogens is 364 g/mol. The lowest BCUT2D eigenvalue weighted by Crippen LogP contribution is -2.32. The van der Waals surface area contributed by atoms with E-state index < -0.39 is 11.9 Å². The van der Waals surface area contributed by atoms with E-state index in [2.05, 4.69) is 10.1 Å². The third-order valence-corrected chi connectivity index (χ3v) is 3.85. The Balaban J connectivity index is 2.69. The number of carbonyl (C=O) groups is 4. The second-order valence-electron chi connectivity index (χ2n) is 5.82. The summed E-state index contributed by atoms with van der Waals surface area (Å²) in [6.07, 6.45) is 1.33. The summed E-state index contributed by atoms with van der Waals surface area (Å²) in [4.78, 5) is 48.9. The van der Waals surface area contributed by atoms with Crippen LogP contribution in [0.5, 0.6) is 0 Å². The van der Waals surface area contributed by atoms with Gasteiger partial charge in [-0.15, -0.1) is 0 Å². The molecule has 0 aromatic heterocycles. The van der Waals surface area contributed by atoms with E-state index in [9.17, 15) is 19.2 Å². The second-order valence-corrected chi connectivity index (χ2v) is 5.82. The highest BCUT2D eigenvalue weighted by Crippen LogP contribution is 2.12. The van der Waals surface area contributed by atoms with Gasteiger partial charge in [-0.3, -0.25) is 14.4 Å². The molecule has 0 aliphatic rings. The first-order valence-electron chi connectivity index (χ1n) is 8.94. The van der Waals surface area contributed by atoms with E-state index in [-0.39, 0.29) is 30.4 Å². The Morgan fingerprint density at radius 2 is 1.75 bits per heavy atom. The molecule has 0 saturated carbocycles. The number of nitrogens with one attached hydrogen (secondary N) is 1. The summed E-state index contributed by atoms with van der Waals surface area (Å²) in [5, 5.41) is 2.65. The Hall–Kier alpha value is -3.16. The Morgan fingerprint density at radius 3 is 2.29 bits per heavy atom. The summed E-state index contributed by atoms with van der Waals surface area (Å²) in [5.41, 5.74) is 1.06. The first-order valence-corrected chi connectivity index (χ1v) is 8.94. The van der Waals surface area contributed by atoms with Crippen molar-refractivity contribution in [2.75, 3.05) is 32.1 Å². The van der Waals surface area contributed by atoms with Crippen LogP contribution in [0.2, 0.25) is 0 Å². The summed E-state index contributed by atoms with van der Waals surface area (Å²) in [7, 11) is 1.29. The van der Waals surface area contributed by atoms with Crippen molar-refractivity contribution in [2.45, 2.75) is 27.2 Å². The molecule has 0 heterocycles. The monoisotopic (exact) mass is 390 g/mol. The van der Waals surface area contributed by atoms with Gasteiger partial charge in [0.15, 0.2) is 0 Å². The largest absolute Gasteiger partial charge is 0.466 e. The van der Waals surface area contributed by atoms with Gasteiger partial charge in [0.25, 0.3) is 5.91 Å². The average molecular weight is 390 g/mol. The number of benzene rings is 1. The van der Waals surface area contributed by atoms with Crippen molar-refractivity contribution in [2.24, 2.45) is 0 Å². The number of ether oxygens (including phenoxy) is 2. The molecule has 0 unspecified atom stereocenters. The summed E-state index contributed by atoms with van der Waals surface area (Å²) < 4.78 is 9.46. The van der Waals surface area contributed by atoms with Crippen LogP contribution < -0.4 is 5.32 Å². The zero-order chi connectivity index (χ0) is 21.1. The topological polar surface area (TPSA) is 102 Å². The quantitative estimate of drug-likeness (QED) is 0.512. The van der Waals surface area contributed by atoms with Crippen molar-refractivity contribution in [1.29, 1.82) is 0 Å². The van der Waals surface area contributed by atoms with Gasteiger partial charge >= 0.3 is 11.9 Å². The van der Waals surface area contributed by atoms with Gasteiger partial charge in [0.05, 0.1) is 25.7 Å². The highest BCUT2D eigenvalue weighted by molar-refractivity contribution is 6.07. The van der Waals surface area contributed by atoms with Crippen molar-refractivity contribution < 1.29 is 28.7 Å². The molecule has 0 aliphatic heterocycles. The molecule has 0 fully saturated rings. The lowest BCUT2D eigenvalue weighted by Gasteiger charge is -2.19. The SMILES string of the molecule is CCOC(=O)CCN(CC)C(=O)/C=C(\C)C(=O)Nc1ccc(C(=O)OC)cc1. The molecular formula is C20H26N2O6. The van der Waals surface area contributed by atoms with E-state index in [1.54, 1.807) is 26.0 Å². The Kier molecular flexibility index (Phi) is 9.42. The number of hydrogen-bond acceptors (Lipinski definition) is 6. The first-order chi connectivity index (χ1) is 13.3. The number of hydrogen-bond donors (Lipinski definition) is 1. The number of nitrogens with zero attached hydrogens (tertiary/aromatic N) is 1. The fourth-order valence-electron chi connectivity index (χ4n) is 2.26. The van der Waals surface area contributed by atoms with E-state index in [1.165, 1.54) is 37.1 Å². The lowest BCUT2D eigenvalue weighted by atomic mass is 10.2. The van der Waals surface area contributed by atoms with Crippen molar-refractivity contribution in [3.8, 4) is 0 Å². The molecule has 1 N–H and O–H groups in total. The summed E-state index contributed by atoms with van der Waals surface area (Å²) in [5.74, 6) is -1.65. The van der Waals surface area contributed by atoms with Gasteiger partial charge in [-0.05, 0) is 45.0 Å². The standard InChI is InChI=1S/C20H26N2O6/c1-5-22(12-11-18(24)28-6-2)17(23)13-14(3)19(25)21-16-9-7-15(8-10-16)20(26)27-4/h7-10,13H,5-6,11-12H2,1-4H3,(H,21,25)/b14-13+. The van der Waals surface area contributed by atoms with E-state index in [1.807, 2.05) is 0 Å². The van der Waals surface area contributed by atoms with Crippen LogP contribution in [0.15, 0.2) is 35.9 Å². The third-order valence-electron chi connectivity index (χ3n) is 3.85. The van der Waals surface area contributed by atoms with Gasteiger partial charge in [-0.1, -0.05) is 0 Å². The molecule has 1 aromatic rings. The minimum absolute atomic E-state index is 0.0963. The Bertz CT molecular complexity index is 740. The number of likely N-dealkylation sites (N-methyl/N-ethyl adjacent to an activating group) is 1. The molecule has 2 amide bonds. The Morgan fingerprint density at radius 1 is 1.11 bits per heavy atom. The molecule has 0 radical (unpaired) electrons. The number of rotatable bonds is 9. The van der Waals surface area contributed by atoms with Crippen LogP contribution in [0.1, 0.15) is 37.6 Å². The molecule has 152 valence electrons. The maximum Gasteiger partial charge on any atom is 0.337 e. The van der Waals surface area contributed by atoms with Gasteiger partial charge in [0.2, 0.25) is 5.91 Å². The van der Waals surface area contributed by atoms with E-state index in [4.69, 9.17) is 4.74 Å². The minimum Gasteiger partial charge on any atom is -0.466 e. The number of amides is 2. The zero-order valence-electron chi connectivity index (χ0n) is 16.6. The van der Waals surface area contributed by atoms with E-state index in [0.717, 1.165) is 0 Å². The van der Waals surface area contributed by atoms with Gasteiger partial charge in [-0.25, -0.2) is 4.79 Å². The van der Waals surface area contributed by atoms with E-state index in [0.29, 0.717) is 24.4 Å². The van der Waals surface area contributed by atoms with E-state index >= 15 is 0 Å². The molecule has 28 heavy (non-hydrogen) atoms. The molecule has 1 rings (SSSR count). The van der Waals surface area contributed by atoms with Crippen LogP contribution in [0.3, 0.4) is 0 Å². The van der Waals surface area contributed by atoms with Crippen LogP contribution in [0, 0.1) is 0 Å². The zero-order valence-corrected chi connectivity index (χ0v) is 16.6. The van der Waals surface area contributed by atoms with Crippen molar-refractivity contribution in [3.05, 3.63) is 41.5 Å². The van der Waals surface area contributed by atoms with Crippen LogP contribution in [-0.2, 0) is 23.9 Å². The minimum atomic E-state index is -0.470. The van der Waals surface area contributed by atoms with Crippen LogP contribution >= 0.6 is 0 Å². The maximum atomic E-state index is 12.3. The number of methoxy groups -OCH3 is 1. The van der Waals surface area contributed by atoms with Crippen molar-refractivity contribution in [3.63, 3.8) is 0 Å². The maximum absolute atomic E-state index is 12.3. The van der Waals surface area contributed by atoms with Gasteiger partial charge in [0.1, 0.15) is 0 Å². The fraction of sp³-hybridized carbons (Fsp3) is 0.400. The number of esters is 2. The third kappa shape index (κ3) is 7.22. The molecule has 0 saturated heterocycles. The smallest absolute Gasteiger partial charge is 0.337 e.